The fourth-order valence-electron chi connectivity index (χ4n) is 3.46. The number of ether oxygens (including phenoxy) is 2. The maximum absolute atomic E-state index is 12.7. The monoisotopic (exact) mass is 400 g/mol. The molecule has 0 saturated heterocycles. The third-order valence-electron chi connectivity index (χ3n) is 4.82. The topological polar surface area (TPSA) is 52.8 Å². The molecule has 1 aromatic heterocycles. The van der Waals surface area contributed by atoms with Gasteiger partial charge in [-0.15, -0.1) is 6.42 Å². The maximum Gasteiger partial charge on any atom is 0.252 e. The van der Waals surface area contributed by atoms with E-state index in [2.05, 4.69) is 17.0 Å². The number of carbonyl (C=O) groups is 1. The lowest BCUT2D eigenvalue weighted by atomic mass is 10.1. The molecule has 0 atom stereocenters. The van der Waals surface area contributed by atoms with Crippen molar-refractivity contribution in [3.63, 3.8) is 0 Å². The Morgan fingerprint density at radius 1 is 1.10 bits per heavy atom. The van der Waals surface area contributed by atoms with Gasteiger partial charge in [0.1, 0.15) is 0 Å². The molecule has 2 heterocycles. The molecule has 0 saturated carbocycles. The number of terminal acetylenes is 1. The highest BCUT2D eigenvalue weighted by atomic mass is 32.1. The molecule has 1 aliphatic rings. The zero-order valence-corrected chi connectivity index (χ0v) is 16.2. The lowest BCUT2D eigenvalue weighted by Crippen LogP contribution is -2.17. The Morgan fingerprint density at radius 2 is 1.90 bits per heavy atom. The summed E-state index contributed by atoms with van der Waals surface area (Å²) in [4.78, 5) is 17.6. The van der Waals surface area contributed by atoms with Gasteiger partial charge in [-0.3, -0.25) is 4.79 Å². The van der Waals surface area contributed by atoms with Crippen LogP contribution in [-0.2, 0) is 17.8 Å². The highest BCUT2D eigenvalue weighted by molar-refractivity contribution is 7.16. The second-order valence-corrected chi connectivity index (χ2v) is 7.72. The summed E-state index contributed by atoms with van der Waals surface area (Å²) in [6, 6.07) is 17.9. The standard InChI is InChI=1S/C23H16N2O3S/c1-2-9-25-18-12-19-20(28-14-27-19)13-21(18)29-23(25)24-22(26)11-15-7-8-16-5-3-4-6-17(16)10-15/h1,3-8,10,12-13H,9,11,14H2. The van der Waals surface area contributed by atoms with Crippen LogP contribution in [0.3, 0.4) is 0 Å². The Labute approximate surface area is 170 Å². The molecule has 3 aromatic carbocycles. The molecule has 0 bridgehead atoms. The van der Waals surface area contributed by atoms with Crippen LogP contribution in [0.4, 0.5) is 0 Å². The Balaban J connectivity index is 1.52. The second kappa shape index (κ2) is 7.12. The molecule has 5 nitrogen and oxygen atoms in total. The van der Waals surface area contributed by atoms with Gasteiger partial charge in [-0.1, -0.05) is 59.7 Å². The minimum Gasteiger partial charge on any atom is -0.454 e. The smallest absolute Gasteiger partial charge is 0.252 e. The fraction of sp³-hybridized carbons (Fsp3) is 0.130. The summed E-state index contributed by atoms with van der Waals surface area (Å²) >= 11 is 1.42. The van der Waals surface area contributed by atoms with Crippen molar-refractivity contribution in [1.82, 2.24) is 4.57 Å². The molecule has 0 aliphatic carbocycles. The Hall–Kier alpha value is -3.56. The van der Waals surface area contributed by atoms with Crippen molar-refractivity contribution in [3.8, 4) is 23.8 Å². The van der Waals surface area contributed by atoms with Gasteiger partial charge in [0.05, 0.1) is 23.2 Å². The molecule has 0 unspecified atom stereocenters. The van der Waals surface area contributed by atoms with Crippen LogP contribution >= 0.6 is 11.3 Å². The quantitative estimate of drug-likeness (QED) is 0.490. The van der Waals surface area contributed by atoms with E-state index in [4.69, 9.17) is 15.9 Å². The van der Waals surface area contributed by atoms with Gasteiger partial charge >= 0.3 is 0 Å². The summed E-state index contributed by atoms with van der Waals surface area (Å²) in [5.41, 5.74) is 1.82. The maximum atomic E-state index is 12.7. The zero-order chi connectivity index (χ0) is 19.8. The third-order valence-corrected chi connectivity index (χ3v) is 5.86. The molecule has 29 heavy (non-hydrogen) atoms. The summed E-state index contributed by atoms with van der Waals surface area (Å²) in [5.74, 6) is 3.80. The molecule has 4 aromatic rings. The number of hydrogen-bond donors (Lipinski definition) is 0. The molecule has 5 rings (SSSR count). The summed E-state index contributed by atoms with van der Waals surface area (Å²) in [6.45, 7) is 0.533. The second-order valence-electron chi connectivity index (χ2n) is 6.71. The van der Waals surface area contributed by atoms with Gasteiger partial charge in [-0.25, -0.2) is 0 Å². The first-order chi connectivity index (χ1) is 14.2. The van der Waals surface area contributed by atoms with E-state index in [1.165, 1.54) is 11.3 Å². The molecule has 0 fully saturated rings. The molecule has 0 spiro atoms. The number of hydrogen-bond acceptors (Lipinski definition) is 4. The highest BCUT2D eigenvalue weighted by Crippen LogP contribution is 2.36. The number of benzene rings is 3. The van der Waals surface area contributed by atoms with Gasteiger partial charge in [0.15, 0.2) is 16.3 Å². The number of amides is 1. The van der Waals surface area contributed by atoms with Crippen LogP contribution < -0.4 is 14.3 Å². The van der Waals surface area contributed by atoms with E-state index in [1.807, 2.05) is 53.1 Å². The Morgan fingerprint density at radius 3 is 2.72 bits per heavy atom. The van der Waals surface area contributed by atoms with E-state index in [-0.39, 0.29) is 19.1 Å². The highest BCUT2D eigenvalue weighted by Gasteiger charge is 2.17. The van der Waals surface area contributed by atoms with E-state index in [9.17, 15) is 4.79 Å². The first-order valence-corrected chi connectivity index (χ1v) is 9.94. The van der Waals surface area contributed by atoms with Gasteiger partial charge in [-0.05, 0) is 16.3 Å². The fourth-order valence-corrected chi connectivity index (χ4v) is 4.52. The summed E-state index contributed by atoms with van der Waals surface area (Å²) in [6.07, 6.45) is 5.78. The van der Waals surface area contributed by atoms with Crippen molar-refractivity contribution >= 4 is 38.2 Å². The minimum atomic E-state index is -0.211. The first kappa shape index (κ1) is 17.5. The lowest BCUT2D eigenvalue weighted by Gasteiger charge is -2.02. The van der Waals surface area contributed by atoms with Crippen molar-refractivity contribution in [2.45, 2.75) is 13.0 Å². The molecular weight excluding hydrogens is 384 g/mol. The number of nitrogens with zero attached hydrogens (tertiary/aromatic N) is 2. The molecule has 0 radical (unpaired) electrons. The van der Waals surface area contributed by atoms with Crippen molar-refractivity contribution in [1.29, 1.82) is 0 Å². The van der Waals surface area contributed by atoms with Crippen LogP contribution in [0.2, 0.25) is 0 Å². The third kappa shape index (κ3) is 3.26. The van der Waals surface area contributed by atoms with Crippen LogP contribution in [0.5, 0.6) is 11.5 Å². The minimum absolute atomic E-state index is 0.211. The van der Waals surface area contributed by atoms with E-state index < -0.39 is 0 Å². The van der Waals surface area contributed by atoms with Crippen molar-refractivity contribution < 1.29 is 14.3 Å². The molecule has 142 valence electrons. The van der Waals surface area contributed by atoms with E-state index >= 15 is 0 Å². The van der Waals surface area contributed by atoms with Crippen molar-refractivity contribution in [2.24, 2.45) is 4.99 Å². The Kier molecular flexibility index (Phi) is 4.30. The van der Waals surface area contributed by atoms with E-state index in [0.717, 1.165) is 26.6 Å². The lowest BCUT2D eigenvalue weighted by molar-refractivity contribution is -0.117. The predicted octanol–water partition coefficient (Wildman–Crippen LogP) is 3.89. The summed E-state index contributed by atoms with van der Waals surface area (Å²) in [7, 11) is 0. The number of carbonyl (C=O) groups excluding carboxylic acids is 1. The van der Waals surface area contributed by atoms with Gasteiger partial charge < -0.3 is 14.0 Å². The van der Waals surface area contributed by atoms with Gasteiger partial charge in [0.2, 0.25) is 6.79 Å². The zero-order valence-electron chi connectivity index (χ0n) is 15.4. The average Bonchev–Trinajstić information content (AvgIpc) is 3.30. The number of aromatic nitrogens is 1. The van der Waals surface area contributed by atoms with Crippen LogP contribution in [-0.4, -0.2) is 17.3 Å². The SMILES string of the molecule is C#CCn1c(=NC(=O)Cc2ccc3ccccc3c2)sc2cc3c(cc21)OCO3. The largest absolute Gasteiger partial charge is 0.454 e. The number of fused-ring (bicyclic) bond motifs is 3. The molecule has 0 N–H and O–H groups in total. The first-order valence-electron chi connectivity index (χ1n) is 9.13. The van der Waals surface area contributed by atoms with Gasteiger partial charge in [0.25, 0.3) is 5.91 Å². The average molecular weight is 400 g/mol. The number of rotatable bonds is 3. The van der Waals surface area contributed by atoms with Gasteiger partial charge in [0, 0.05) is 12.1 Å². The molecule has 1 aliphatic heterocycles. The van der Waals surface area contributed by atoms with Crippen LogP contribution in [0.1, 0.15) is 5.56 Å². The van der Waals surface area contributed by atoms with Crippen molar-refractivity contribution in [3.05, 3.63) is 65.0 Å². The molecular formula is C23H16N2O3S. The summed E-state index contributed by atoms with van der Waals surface area (Å²) < 4.78 is 13.7. The summed E-state index contributed by atoms with van der Waals surface area (Å²) in [5, 5.41) is 2.26. The van der Waals surface area contributed by atoms with Crippen molar-refractivity contribution in [2.75, 3.05) is 6.79 Å². The molecule has 6 heteroatoms. The van der Waals surface area contributed by atoms with E-state index in [0.29, 0.717) is 22.8 Å². The Bertz CT molecular complexity index is 1370. The van der Waals surface area contributed by atoms with Gasteiger partial charge in [-0.2, -0.15) is 4.99 Å². The van der Waals surface area contributed by atoms with Crippen LogP contribution in [0.15, 0.2) is 59.6 Å². The normalized spacial score (nSPS) is 13.1. The van der Waals surface area contributed by atoms with Crippen LogP contribution in [0, 0.1) is 12.3 Å². The van der Waals surface area contributed by atoms with E-state index in [1.54, 1.807) is 0 Å². The number of thiazole rings is 1. The molecule has 1 amide bonds. The van der Waals surface area contributed by atoms with Crippen LogP contribution in [0.25, 0.3) is 21.0 Å². The predicted molar refractivity (Wildman–Crippen MR) is 113 cm³/mol.